The van der Waals surface area contributed by atoms with Gasteiger partial charge in [-0.25, -0.2) is 4.79 Å². The minimum absolute atomic E-state index is 0.109. The number of hydrogen-bond acceptors (Lipinski definition) is 13. The molecule has 0 spiro atoms. The highest BCUT2D eigenvalue weighted by atomic mass is 16.5. The second-order valence-electron chi connectivity index (χ2n) is 11.8. The molecule has 0 aliphatic heterocycles. The molecule has 7 rings (SSSR count). The van der Waals surface area contributed by atoms with Crippen LogP contribution in [0.1, 0.15) is 17.0 Å². The average molecular weight is 727 g/mol. The van der Waals surface area contributed by atoms with E-state index in [0.717, 1.165) is 28.6 Å². The van der Waals surface area contributed by atoms with Gasteiger partial charge in [-0.2, -0.15) is 29.9 Å². The Kier molecular flexibility index (Phi) is 11.0. The molecule has 0 aliphatic rings. The average Bonchev–Trinajstić information content (AvgIpc) is 3.20. The molecule has 0 amide bonds. The highest BCUT2D eigenvalue weighted by Gasteiger charge is 2.12. The molecular formula is C42H34N10O3. The Balaban J connectivity index is 1.09. The van der Waals surface area contributed by atoms with Crippen LogP contribution in [0, 0.1) is 0 Å². The molecule has 7 aromatic rings. The number of aromatic nitrogens is 6. The molecule has 5 aromatic carbocycles. The third-order valence-corrected chi connectivity index (χ3v) is 7.75. The first-order chi connectivity index (χ1) is 27.0. The van der Waals surface area contributed by atoms with Crippen LogP contribution in [0.3, 0.4) is 0 Å². The second-order valence-corrected chi connectivity index (χ2v) is 11.8. The fraction of sp³-hybridized carbons (Fsp3) is 0.0238. The zero-order valence-corrected chi connectivity index (χ0v) is 29.4. The smallest absolute Gasteiger partial charge is 0.335 e. The van der Waals surface area contributed by atoms with Crippen LogP contribution in [-0.4, -0.2) is 35.9 Å². The van der Waals surface area contributed by atoms with Gasteiger partial charge in [0.1, 0.15) is 17.3 Å². The number of nitrogens with zero attached hydrogens (tertiary/aromatic N) is 6. The van der Waals surface area contributed by atoms with E-state index in [4.69, 9.17) is 14.5 Å². The van der Waals surface area contributed by atoms with E-state index >= 15 is 0 Å². The van der Waals surface area contributed by atoms with Crippen molar-refractivity contribution in [2.24, 2.45) is 0 Å². The molecule has 2 aromatic heterocycles. The number of nitrogens with one attached hydrogen (secondary N) is 4. The molecule has 13 nitrogen and oxygen atoms in total. The summed E-state index contributed by atoms with van der Waals surface area (Å²) in [5, 5.41) is 13.0. The van der Waals surface area contributed by atoms with E-state index in [1.165, 1.54) is 0 Å². The van der Waals surface area contributed by atoms with Crippen LogP contribution in [0.4, 0.5) is 46.5 Å². The fourth-order valence-corrected chi connectivity index (χ4v) is 5.12. The van der Waals surface area contributed by atoms with Gasteiger partial charge in [0.25, 0.3) is 0 Å². The standard InChI is InChI=1S/C42H34N10O3/c1-3-28-15-23-35(24-16-28)55-42-51-40(43-30-13-9-6-10-14-30)50-41(52-42)46-32-19-17-31(18-20-32)44-38-47-36(27-29-11-7-5-8-12-29)48-39(49-38)45-33-21-25-34(26-22-33)54-37(53)4-2/h3-26H,1-2,27H2,(H2,43,46,50,51,52)(H2,44,45,47,48,49). The summed E-state index contributed by atoms with van der Waals surface area (Å²) in [6, 6.07) is 41.4. The highest BCUT2D eigenvalue weighted by molar-refractivity contribution is 5.83. The van der Waals surface area contributed by atoms with Gasteiger partial charge in [-0.1, -0.05) is 79.9 Å². The van der Waals surface area contributed by atoms with Crippen LogP contribution < -0.4 is 30.7 Å². The molecule has 0 atom stereocenters. The molecule has 0 saturated carbocycles. The van der Waals surface area contributed by atoms with Crippen LogP contribution in [0.25, 0.3) is 6.08 Å². The zero-order chi connectivity index (χ0) is 37.8. The lowest BCUT2D eigenvalue weighted by Gasteiger charge is -2.12. The van der Waals surface area contributed by atoms with Crippen molar-refractivity contribution in [3.63, 3.8) is 0 Å². The summed E-state index contributed by atoms with van der Waals surface area (Å²) in [6.45, 7) is 7.23. The van der Waals surface area contributed by atoms with Crippen LogP contribution >= 0.6 is 0 Å². The summed E-state index contributed by atoms with van der Waals surface area (Å²) in [4.78, 5) is 39.1. The van der Waals surface area contributed by atoms with Gasteiger partial charge in [-0.15, -0.1) is 0 Å². The maximum Gasteiger partial charge on any atom is 0.335 e. The number of carbonyl (C=O) groups is 1. The minimum atomic E-state index is -0.537. The lowest BCUT2D eigenvalue weighted by atomic mass is 10.1. The van der Waals surface area contributed by atoms with Crippen molar-refractivity contribution in [2.45, 2.75) is 6.42 Å². The van der Waals surface area contributed by atoms with Crippen molar-refractivity contribution in [1.29, 1.82) is 0 Å². The van der Waals surface area contributed by atoms with E-state index < -0.39 is 5.97 Å². The Morgan fingerprint density at radius 2 is 0.982 bits per heavy atom. The predicted molar refractivity (Wildman–Crippen MR) is 214 cm³/mol. The molecule has 4 N–H and O–H groups in total. The highest BCUT2D eigenvalue weighted by Crippen LogP contribution is 2.26. The Labute approximate surface area is 316 Å². The van der Waals surface area contributed by atoms with E-state index in [2.05, 4.69) is 59.3 Å². The molecule has 0 bridgehead atoms. The SMILES string of the molecule is C=CC(=O)Oc1ccc(Nc2nc(Cc3ccccc3)nc(Nc3ccc(Nc4nc(Nc5ccccc5)nc(Oc5ccc(C=C)cc5)n4)cc3)n2)cc1. The number of carbonyl (C=O) groups excluding carboxylic acids is 1. The van der Waals surface area contributed by atoms with Crippen molar-refractivity contribution in [1.82, 2.24) is 29.9 Å². The van der Waals surface area contributed by atoms with Gasteiger partial charge in [0, 0.05) is 35.2 Å². The van der Waals surface area contributed by atoms with Gasteiger partial charge < -0.3 is 30.7 Å². The summed E-state index contributed by atoms with van der Waals surface area (Å²) in [5.74, 6) is 2.24. The number of esters is 1. The molecular weight excluding hydrogens is 693 g/mol. The minimum Gasteiger partial charge on any atom is -0.424 e. The van der Waals surface area contributed by atoms with E-state index in [1.54, 1.807) is 30.3 Å². The number of anilines is 8. The first kappa shape index (κ1) is 35.5. The van der Waals surface area contributed by atoms with Gasteiger partial charge in [0.2, 0.25) is 23.8 Å². The van der Waals surface area contributed by atoms with E-state index in [0.29, 0.717) is 53.0 Å². The Bertz CT molecular complexity index is 2390. The van der Waals surface area contributed by atoms with Crippen molar-refractivity contribution >= 4 is 58.6 Å². The van der Waals surface area contributed by atoms with Gasteiger partial charge in [-0.05, 0) is 83.9 Å². The van der Waals surface area contributed by atoms with Crippen molar-refractivity contribution in [2.75, 3.05) is 21.3 Å². The van der Waals surface area contributed by atoms with Crippen LogP contribution in [0.2, 0.25) is 0 Å². The summed E-state index contributed by atoms with van der Waals surface area (Å²) in [6.07, 6.45) is 3.36. The molecule has 0 radical (unpaired) electrons. The number of rotatable bonds is 15. The topological polar surface area (TPSA) is 161 Å². The summed E-state index contributed by atoms with van der Waals surface area (Å²) < 4.78 is 11.2. The van der Waals surface area contributed by atoms with E-state index in [9.17, 15) is 4.79 Å². The molecule has 0 fully saturated rings. The number of hydrogen-bond donors (Lipinski definition) is 4. The Morgan fingerprint density at radius 1 is 0.527 bits per heavy atom. The third kappa shape index (κ3) is 10.1. The van der Waals surface area contributed by atoms with Gasteiger partial charge in [0.15, 0.2) is 0 Å². The van der Waals surface area contributed by atoms with Crippen LogP contribution in [0.5, 0.6) is 17.5 Å². The number of benzene rings is 5. The van der Waals surface area contributed by atoms with E-state index in [-0.39, 0.29) is 12.0 Å². The second kappa shape index (κ2) is 17.1. The predicted octanol–water partition coefficient (Wildman–Crippen LogP) is 9.15. The van der Waals surface area contributed by atoms with Crippen molar-refractivity contribution < 1.29 is 14.3 Å². The van der Waals surface area contributed by atoms with Crippen molar-refractivity contribution in [3.05, 3.63) is 170 Å². The van der Waals surface area contributed by atoms with E-state index in [1.807, 2.05) is 109 Å². The fourth-order valence-electron chi connectivity index (χ4n) is 5.12. The van der Waals surface area contributed by atoms with Crippen molar-refractivity contribution in [3.8, 4) is 17.5 Å². The summed E-state index contributed by atoms with van der Waals surface area (Å²) in [7, 11) is 0. The maximum absolute atomic E-state index is 11.6. The first-order valence-electron chi connectivity index (χ1n) is 17.1. The Morgan fingerprint density at radius 3 is 1.49 bits per heavy atom. The summed E-state index contributed by atoms with van der Waals surface area (Å²) in [5.41, 5.74) is 4.96. The van der Waals surface area contributed by atoms with Crippen LogP contribution in [0.15, 0.2) is 153 Å². The zero-order valence-electron chi connectivity index (χ0n) is 29.4. The van der Waals surface area contributed by atoms with Gasteiger partial charge in [0.05, 0.1) is 0 Å². The molecule has 2 heterocycles. The molecule has 0 saturated heterocycles. The first-order valence-corrected chi connectivity index (χ1v) is 17.1. The number of para-hydroxylation sites is 1. The lowest BCUT2D eigenvalue weighted by molar-refractivity contribution is -0.128. The normalized spacial score (nSPS) is 10.5. The monoisotopic (exact) mass is 726 g/mol. The quantitative estimate of drug-likeness (QED) is 0.0450. The van der Waals surface area contributed by atoms with Gasteiger partial charge >= 0.3 is 12.0 Å². The lowest BCUT2D eigenvalue weighted by Crippen LogP contribution is -2.08. The maximum atomic E-state index is 11.6. The number of ether oxygens (including phenoxy) is 2. The summed E-state index contributed by atoms with van der Waals surface area (Å²) >= 11 is 0. The molecule has 55 heavy (non-hydrogen) atoms. The van der Waals surface area contributed by atoms with Gasteiger partial charge in [-0.3, -0.25) is 0 Å². The third-order valence-electron chi connectivity index (χ3n) is 7.75. The van der Waals surface area contributed by atoms with Crippen LogP contribution in [-0.2, 0) is 11.2 Å². The molecule has 0 aliphatic carbocycles. The Hall–Kier alpha value is -7.93. The largest absolute Gasteiger partial charge is 0.424 e. The molecule has 270 valence electrons. The molecule has 13 heteroatoms. The molecule has 0 unspecified atom stereocenters.